The van der Waals surface area contributed by atoms with Crippen LogP contribution in [-0.2, 0) is 9.47 Å². The number of hydrogen-bond acceptors (Lipinski definition) is 8. The van der Waals surface area contributed by atoms with Gasteiger partial charge in [-0.2, -0.15) is 0 Å². The summed E-state index contributed by atoms with van der Waals surface area (Å²) < 4.78 is 11.6. The summed E-state index contributed by atoms with van der Waals surface area (Å²) in [7, 11) is 0. The van der Waals surface area contributed by atoms with E-state index in [4.69, 9.17) is 9.47 Å². The van der Waals surface area contributed by atoms with Crippen LogP contribution in [0.25, 0.3) is 0 Å². The fourth-order valence-corrected chi connectivity index (χ4v) is 5.82. The van der Waals surface area contributed by atoms with E-state index in [2.05, 4.69) is 6.92 Å². The van der Waals surface area contributed by atoms with Crippen molar-refractivity contribution in [1.29, 1.82) is 0 Å². The van der Waals surface area contributed by atoms with Crippen LogP contribution in [0.2, 0.25) is 0 Å². The fourth-order valence-electron chi connectivity index (χ4n) is 5.82. The maximum Gasteiger partial charge on any atom is 0.187 e. The van der Waals surface area contributed by atoms with Gasteiger partial charge in [0.1, 0.15) is 24.4 Å². The van der Waals surface area contributed by atoms with Crippen molar-refractivity contribution in [3.63, 3.8) is 0 Å². The second kappa shape index (κ2) is 7.98. The lowest BCUT2D eigenvalue weighted by molar-refractivity contribution is -0.331. The number of aliphatic hydroxyl groups is 6. The first-order valence-electron chi connectivity index (χ1n) is 10.7. The van der Waals surface area contributed by atoms with Crippen LogP contribution in [0.5, 0.6) is 0 Å². The molecular formula is C21H38O8. The lowest BCUT2D eigenvalue weighted by Crippen LogP contribution is -2.62. The molecule has 0 aromatic heterocycles. The van der Waals surface area contributed by atoms with Crippen molar-refractivity contribution >= 4 is 0 Å². The highest BCUT2D eigenvalue weighted by Crippen LogP contribution is 2.57. The molecule has 0 amide bonds. The zero-order valence-electron chi connectivity index (χ0n) is 17.9. The molecule has 10 unspecified atom stereocenters. The largest absolute Gasteiger partial charge is 0.394 e. The van der Waals surface area contributed by atoms with Gasteiger partial charge in [0.25, 0.3) is 0 Å². The van der Waals surface area contributed by atoms with Crippen LogP contribution in [-0.4, -0.2) is 85.3 Å². The van der Waals surface area contributed by atoms with Gasteiger partial charge in [0.2, 0.25) is 0 Å². The van der Waals surface area contributed by atoms with E-state index in [0.717, 1.165) is 12.8 Å². The molecule has 3 aliphatic rings. The van der Waals surface area contributed by atoms with Crippen molar-refractivity contribution in [1.82, 2.24) is 0 Å². The number of hydrogen-bond donors (Lipinski definition) is 6. The second-order valence-electron chi connectivity index (χ2n) is 10.4. The van der Waals surface area contributed by atoms with E-state index in [-0.39, 0.29) is 17.3 Å². The van der Waals surface area contributed by atoms with Crippen LogP contribution >= 0.6 is 0 Å². The van der Waals surface area contributed by atoms with E-state index in [1.807, 2.05) is 20.8 Å². The number of ether oxygens (including phenoxy) is 2. The Morgan fingerprint density at radius 1 is 1.00 bits per heavy atom. The summed E-state index contributed by atoms with van der Waals surface area (Å²) in [6.45, 7) is 7.16. The van der Waals surface area contributed by atoms with Crippen molar-refractivity contribution in [2.24, 2.45) is 17.3 Å². The minimum absolute atomic E-state index is 0.0321. The smallest absolute Gasteiger partial charge is 0.187 e. The highest BCUT2D eigenvalue weighted by Gasteiger charge is 2.57. The molecule has 6 N–H and O–H groups in total. The van der Waals surface area contributed by atoms with Crippen LogP contribution < -0.4 is 0 Å². The molecule has 170 valence electrons. The van der Waals surface area contributed by atoms with Gasteiger partial charge in [-0.3, -0.25) is 0 Å². The van der Waals surface area contributed by atoms with Gasteiger partial charge in [0, 0.05) is 0 Å². The van der Waals surface area contributed by atoms with E-state index >= 15 is 0 Å². The summed E-state index contributed by atoms with van der Waals surface area (Å²) in [5, 5.41) is 61.3. The maximum atomic E-state index is 11.0. The monoisotopic (exact) mass is 418 g/mol. The Labute approximate surface area is 172 Å². The summed E-state index contributed by atoms with van der Waals surface area (Å²) >= 11 is 0. The molecule has 1 aliphatic heterocycles. The Morgan fingerprint density at radius 2 is 1.66 bits per heavy atom. The van der Waals surface area contributed by atoms with Gasteiger partial charge in [-0.15, -0.1) is 0 Å². The van der Waals surface area contributed by atoms with Crippen LogP contribution in [0.3, 0.4) is 0 Å². The molecule has 3 fully saturated rings. The maximum absolute atomic E-state index is 11.0. The minimum Gasteiger partial charge on any atom is -0.394 e. The standard InChI is InChI=1S/C21H38O8/c1-19(2,29-18-17(26)16(25)15(24)12(10-22)28-18)11-5-7-20(3)13(9-11)21(4,27)8-6-14(20)23/h11-18,22-27H,5-10H2,1-4H3. The third kappa shape index (κ3) is 4.11. The zero-order valence-corrected chi connectivity index (χ0v) is 17.9. The fraction of sp³-hybridized carbons (Fsp3) is 1.00. The predicted molar refractivity (Wildman–Crippen MR) is 104 cm³/mol. The molecule has 8 heteroatoms. The highest BCUT2D eigenvalue weighted by molar-refractivity contribution is 5.07. The third-order valence-electron chi connectivity index (χ3n) is 8.04. The van der Waals surface area contributed by atoms with Crippen molar-refractivity contribution in [3.05, 3.63) is 0 Å². The molecule has 0 aromatic rings. The van der Waals surface area contributed by atoms with E-state index < -0.39 is 54.6 Å². The molecule has 1 saturated heterocycles. The summed E-state index contributed by atoms with van der Waals surface area (Å²) in [6, 6.07) is 0. The molecule has 10 atom stereocenters. The Balaban J connectivity index is 1.74. The first-order valence-corrected chi connectivity index (χ1v) is 10.7. The van der Waals surface area contributed by atoms with Gasteiger partial charge in [-0.05, 0) is 70.1 Å². The molecule has 0 aromatic carbocycles. The topological polar surface area (TPSA) is 140 Å². The molecule has 2 aliphatic carbocycles. The van der Waals surface area contributed by atoms with Gasteiger partial charge in [-0.25, -0.2) is 0 Å². The van der Waals surface area contributed by atoms with Crippen molar-refractivity contribution < 1.29 is 40.1 Å². The quantitative estimate of drug-likeness (QED) is 0.372. The van der Waals surface area contributed by atoms with Crippen LogP contribution in [0.15, 0.2) is 0 Å². The van der Waals surface area contributed by atoms with Gasteiger partial charge >= 0.3 is 0 Å². The van der Waals surface area contributed by atoms with Crippen LogP contribution in [0.4, 0.5) is 0 Å². The molecule has 8 nitrogen and oxygen atoms in total. The number of fused-ring (bicyclic) bond motifs is 1. The molecular weight excluding hydrogens is 380 g/mol. The van der Waals surface area contributed by atoms with Crippen molar-refractivity contribution in [3.8, 4) is 0 Å². The minimum atomic E-state index is -1.48. The average molecular weight is 419 g/mol. The Kier molecular flexibility index (Phi) is 6.43. The average Bonchev–Trinajstić information content (AvgIpc) is 2.65. The van der Waals surface area contributed by atoms with E-state index in [1.165, 1.54) is 0 Å². The molecule has 3 rings (SSSR count). The molecule has 0 bridgehead atoms. The van der Waals surface area contributed by atoms with Crippen LogP contribution in [0, 0.1) is 17.3 Å². The van der Waals surface area contributed by atoms with Crippen molar-refractivity contribution in [2.75, 3.05) is 6.61 Å². The summed E-state index contributed by atoms with van der Waals surface area (Å²) in [4.78, 5) is 0. The molecule has 29 heavy (non-hydrogen) atoms. The van der Waals surface area contributed by atoms with Gasteiger partial charge in [-0.1, -0.05) is 6.92 Å². The SMILES string of the molecule is CC1(O)CCC(O)C2(C)CCC(C(C)(C)OC3OC(CO)C(O)C(O)C3O)CC12. The first-order chi connectivity index (χ1) is 13.3. The summed E-state index contributed by atoms with van der Waals surface area (Å²) in [6.07, 6.45) is -3.66. The number of rotatable bonds is 4. The Hall–Kier alpha value is -0.320. The first kappa shape index (κ1) is 23.3. The highest BCUT2D eigenvalue weighted by atomic mass is 16.7. The summed E-state index contributed by atoms with van der Waals surface area (Å²) in [5.74, 6) is -0.0557. The summed E-state index contributed by atoms with van der Waals surface area (Å²) in [5.41, 5.74) is -1.98. The normalized spacial score (nSPS) is 51.5. The lowest BCUT2D eigenvalue weighted by atomic mass is 9.51. The Morgan fingerprint density at radius 3 is 2.28 bits per heavy atom. The second-order valence-corrected chi connectivity index (χ2v) is 10.4. The van der Waals surface area contributed by atoms with Gasteiger partial charge in [0.05, 0.1) is 23.9 Å². The van der Waals surface area contributed by atoms with Crippen molar-refractivity contribution in [2.45, 2.75) is 108 Å². The molecule has 1 heterocycles. The van der Waals surface area contributed by atoms with Crippen LogP contribution in [0.1, 0.15) is 59.8 Å². The third-order valence-corrected chi connectivity index (χ3v) is 8.04. The predicted octanol–water partition coefficient (Wildman–Crippen LogP) is -0.0902. The van der Waals surface area contributed by atoms with E-state index in [1.54, 1.807) is 0 Å². The molecule has 0 radical (unpaired) electrons. The van der Waals surface area contributed by atoms with Gasteiger partial charge in [0.15, 0.2) is 6.29 Å². The number of aliphatic hydroxyl groups excluding tert-OH is 5. The Bertz CT molecular complexity index is 579. The molecule has 0 spiro atoms. The molecule has 2 saturated carbocycles. The van der Waals surface area contributed by atoms with Gasteiger partial charge < -0.3 is 40.1 Å². The van der Waals surface area contributed by atoms with E-state index in [9.17, 15) is 30.6 Å². The zero-order chi connectivity index (χ0) is 21.8. The lowest BCUT2D eigenvalue weighted by Gasteiger charge is -2.58. The van der Waals surface area contributed by atoms with E-state index in [0.29, 0.717) is 19.3 Å².